The van der Waals surface area contributed by atoms with Gasteiger partial charge in [-0.15, -0.1) is 0 Å². The predicted octanol–water partition coefficient (Wildman–Crippen LogP) is 1.67. The van der Waals surface area contributed by atoms with Crippen molar-refractivity contribution < 1.29 is 9.53 Å². The first kappa shape index (κ1) is 20.0. The van der Waals surface area contributed by atoms with E-state index in [0.717, 1.165) is 30.5 Å². The molecule has 3 N–H and O–H groups in total. The molecule has 0 radical (unpaired) electrons. The summed E-state index contributed by atoms with van der Waals surface area (Å²) in [6.45, 7) is 7.00. The van der Waals surface area contributed by atoms with Crippen molar-refractivity contribution in [3.63, 3.8) is 0 Å². The van der Waals surface area contributed by atoms with Gasteiger partial charge in [-0.1, -0.05) is 12.5 Å². The Balaban J connectivity index is 1.62. The number of hydrogen-bond donors (Lipinski definition) is 3. The molecule has 1 saturated heterocycles. The van der Waals surface area contributed by atoms with Crippen LogP contribution in [0.1, 0.15) is 26.2 Å². The summed E-state index contributed by atoms with van der Waals surface area (Å²) in [6, 6.07) is 7.37. The number of nitrogens with zero attached hydrogens (tertiary/aromatic N) is 2. The Morgan fingerprint density at radius 3 is 2.69 bits per heavy atom. The molecule has 1 heterocycles. The second-order valence-corrected chi connectivity index (χ2v) is 6.39. The summed E-state index contributed by atoms with van der Waals surface area (Å²) in [5.41, 5.74) is 0.734. The van der Waals surface area contributed by atoms with E-state index in [9.17, 15) is 4.79 Å². The Morgan fingerprint density at radius 2 is 1.96 bits per heavy atom. The molecule has 1 aromatic carbocycles. The van der Waals surface area contributed by atoms with Crippen LogP contribution in [0.2, 0.25) is 0 Å². The number of hydrogen-bond acceptors (Lipinski definition) is 4. The Hall–Kier alpha value is -2.28. The number of anilines is 1. The van der Waals surface area contributed by atoms with Crippen LogP contribution in [0.5, 0.6) is 5.75 Å². The molecule has 1 amide bonds. The molecule has 1 aromatic rings. The molecule has 0 spiro atoms. The molecule has 2 rings (SSSR count). The van der Waals surface area contributed by atoms with Crippen LogP contribution in [0.25, 0.3) is 0 Å². The van der Waals surface area contributed by atoms with Gasteiger partial charge in [0, 0.05) is 38.8 Å². The summed E-state index contributed by atoms with van der Waals surface area (Å²) in [5.74, 6) is 1.42. The van der Waals surface area contributed by atoms with Crippen LogP contribution in [0.4, 0.5) is 5.69 Å². The van der Waals surface area contributed by atoms with Crippen molar-refractivity contribution in [2.45, 2.75) is 26.2 Å². The van der Waals surface area contributed by atoms with Crippen molar-refractivity contribution in [1.82, 2.24) is 15.5 Å². The molecule has 0 saturated carbocycles. The van der Waals surface area contributed by atoms with Gasteiger partial charge >= 0.3 is 0 Å². The first-order valence-corrected chi connectivity index (χ1v) is 9.34. The lowest BCUT2D eigenvalue weighted by atomic mass is 10.1. The highest BCUT2D eigenvalue weighted by molar-refractivity contribution is 5.88. The van der Waals surface area contributed by atoms with Gasteiger partial charge in [0.1, 0.15) is 12.4 Å². The van der Waals surface area contributed by atoms with Crippen LogP contribution in [-0.2, 0) is 4.79 Å². The van der Waals surface area contributed by atoms with Crippen molar-refractivity contribution >= 4 is 17.6 Å². The van der Waals surface area contributed by atoms with Gasteiger partial charge in [0.2, 0.25) is 5.91 Å². The maximum Gasteiger partial charge on any atom is 0.221 e. The molecule has 7 heteroatoms. The first-order chi connectivity index (χ1) is 12.7. The number of benzene rings is 1. The summed E-state index contributed by atoms with van der Waals surface area (Å²) >= 11 is 0. The van der Waals surface area contributed by atoms with E-state index in [-0.39, 0.29) is 5.91 Å². The standard InChI is InChI=1S/C19H31N5O2/c1-16(25)23-17-7-6-8-18(15-17)26-14-10-22-19(20-2)21-9-13-24-11-4-3-5-12-24/h6-8,15H,3-5,9-14H2,1-2H3,(H,23,25)(H2,20,21,22). The second kappa shape index (κ2) is 11.4. The average molecular weight is 361 g/mol. The molecule has 0 unspecified atom stereocenters. The number of guanidine groups is 1. The van der Waals surface area contributed by atoms with Gasteiger partial charge in [-0.25, -0.2) is 0 Å². The predicted molar refractivity (Wildman–Crippen MR) is 106 cm³/mol. The van der Waals surface area contributed by atoms with Crippen LogP contribution in [-0.4, -0.2) is 63.1 Å². The van der Waals surface area contributed by atoms with Crippen LogP contribution in [0.3, 0.4) is 0 Å². The highest BCUT2D eigenvalue weighted by Gasteiger charge is 2.09. The van der Waals surface area contributed by atoms with Crippen molar-refractivity contribution in [1.29, 1.82) is 0 Å². The third kappa shape index (κ3) is 7.74. The summed E-state index contributed by atoms with van der Waals surface area (Å²) in [7, 11) is 1.77. The summed E-state index contributed by atoms with van der Waals surface area (Å²) in [4.78, 5) is 17.8. The zero-order chi connectivity index (χ0) is 18.6. The Labute approximate surface area is 156 Å². The monoisotopic (exact) mass is 361 g/mol. The molecule has 1 aliphatic heterocycles. The van der Waals surface area contributed by atoms with Gasteiger partial charge in [0.25, 0.3) is 0 Å². The van der Waals surface area contributed by atoms with E-state index >= 15 is 0 Å². The minimum Gasteiger partial charge on any atom is -0.492 e. The zero-order valence-corrected chi connectivity index (χ0v) is 15.9. The molecular formula is C19H31N5O2. The number of carbonyl (C=O) groups excluding carboxylic acids is 1. The molecule has 0 aliphatic carbocycles. The molecule has 0 atom stereocenters. The van der Waals surface area contributed by atoms with E-state index in [2.05, 4.69) is 25.8 Å². The topological polar surface area (TPSA) is 78.0 Å². The maximum atomic E-state index is 11.1. The van der Waals surface area contributed by atoms with Gasteiger partial charge in [-0.05, 0) is 38.1 Å². The highest BCUT2D eigenvalue weighted by Crippen LogP contribution is 2.17. The number of ether oxygens (including phenoxy) is 1. The zero-order valence-electron chi connectivity index (χ0n) is 15.9. The number of nitrogens with one attached hydrogen (secondary N) is 3. The van der Waals surface area contributed by atoms with E-state index in [1.54, 1.807) is 7.05 Å². The summed E-state index contributed by atoms with van der Waals surface area (Å²) in [6.07, 6.45) is 3.99. The van der Waals surface area contributed by atoms with Crippen LogP contribution in [0, 0.1) is 0 Å². The minimum atomic E-state index is -0.0942. The van der Waals surface area contributed by atoms with Crippen molar-refractivity contribution in [3.05, 3.63) is 24.3 Å². The molecule has 1 aliphatic rings. The Morgan fingerprint density at radius 1 is 1.19 bits per heavy atom. The normalized spacial score (nSPS) is 15.4. The fourth-order valence-corrected chi connectivity index (χ4v) is 2.94. The maximum absolute atomic E-state index is 11.1. The molecule has 1 fully saturated rings. The van der Waals surface area contributed by atoms with Crippen molar-refractivity contribution in [3.8, 4) is 5.75 Å². The van der Waals surface area contributed by atoms with E-state index in [0.29, 0.717) is 13.2 Å². The fraction of sp³-hybridized carbons (Fsp3) is 0.579. The third-order valence-electron chi connectivity index (χ3n) is 4.21. The number of carbonyl (C=O) groups is 1. The fourth-order valence-electron chi connectivity index (χ4n) is 2.94. The Kier molecular flexibility index (Phi) is 8.75. The van der Waals surface area contributed by atoms with E-state index in [1.165, 1.54) is 39.3 Å². The molecule has 0 aromatic heterocycles. The minimum absolute atomic E-state index is 0.0942. The lowest BCUT2D eigenvalue weighted by Gasteiger charge is -2.26. The van der Waals surface area contributed by atoms with Gasteiger partial charge in [-0.3, -0.25) is 9.79 Å². The third-order valence-corrected chi connectivity index (χ3v) is 4.21. The summed E-state index contributed by atoms with van der Waals surface area (Å²) < 4.78 is 5.72. The van der Waals surface area contributed by atoms with Crippen LogP contribution in [0.15, 0.2) is 29.3 Å². The lowest BCUT2D eigenvalue weighted by molar-refractivity contribution is -0.114. The number of piperidine rings is 1. The second-order valence-electron chi connectivity index (χ2n) is 6.39. The SMILES string of the molecule is CN=C(NCCOc1cccc(NC(C)=O)c1)NCCN1CCCCC1. The van der Waals surface area contributed by atoms with Gasteiger partial charge < -0.3 is 25.6 Å². The quantitative estimate of drug-likeness (QED) is 0.373. The molecule has 0 bridgehead atoms. The first-order valence-electron chi connectivity index (χ1n) is 9.34. The number of likely N-dealkylation sites (tertiary alicyclic amines) is 1. The van der Waals surface area contributed by atoms with Gasteiger partial charge in [0.15, 0.2) is 5.96 Å². The summed E-state index contributed by atoms with van der Waals surface area (Å²) in [5, 5.41) is 9.34. The van der Waals surface area contributed by atoms with Crippen molar-refractivity contribution in [2.75, 3.05) is 51.7 Å². The lowest BCUT2D eigenvalue weighted by Crippen LogP contribution is -2.43. The van der Waals surface area contributed by atoms with Crippen LogP contribution < -0.4 is 20.7 Å². The number of amides is 1. The Bertz CT molecular complexity index is 585. The van der Waals surface area contributed by atoms with E-state index in [4.69, 9.17) is 4.74 Å². The number of aliphatic imine (C=N–C) groups is 1. The highest BCUT2D eigenvalue weighted by atomic mass is 16.5. The largest absolute Gasteiger partial charge is 0.492 e. The number of rotatable bonds is 8. The van der Waals surface area contributed by atoms with Gasteiger partial charge in [-0.2, -0.15) is 0 Å². The molecule has 144 valence electrons. The van der Waals surface area contributed by atoms with Crippen molar-refractivity contribution in [2.24, 2.45) is 4.99 Å². The molecule has 26 heavy (non-hydrogen) atoms. The average Bonchev–Trinajstić information content (AvgIpc) is 2.64. The van der Waals surface area contributed by atoms with Gasteiger partial charge in [0.05, 0.1) is 6.54 Å². The molecular weight excluding hydrogens is 330 g/mol. The van der Waals surface area contributed by atoms with Crippen LogP contribution >= 0.6 is 0 Å². The van der Waals surface area contributed by atoms with E-state index in [1.807, 2.05) is 24.3 Å². The molecule has 7 nitrogen and oxygen atoms in total. The smallest absolute Gasteiger partial charge is 0.221 e. The van der Waals surface area contributed by atoms with E-state index < -0.39 is 0 Å².